The minimum absolute atomic E-state index is 0.0477. The van der Waals surface area contributed by atoms with Crippen molar-refractivity contribution in [1.82, 2.24) is 10.6 Å². The lowest BCUT2D eigenvalue weighted by Gasteiger charge is -2.19. The molecule has 1 aromatic carbocycles. The topological polar surface area (TPSA) is 87.7 Å². The third-order valence-corrected chi connectivity index (χ3v) is 5.72. The maximum absolute atomic E-state index is 12.6. The van der Waals surface area contributed by atoms with E-state index in [9.17, 15) is 14.4 Å². The number of amides is 4. The molecule has 4 atom stereocenters. The molecule has 7 nitrogen and oxygen atoms in total. The lowest BCUT2D eigenvalue weighted by atomic mass is 9.93. The van der Waals surface area contributed by atoms with Gasteiger partial charge in [-0.2, -0.15) is 0 Å². The van der Waals surface area contributed by atoms with Gasteiger partial charge in [0.05, 0.1) is 19.2 Å². The molecule has 3 aliphatic rings. The predicted molar refractivity (Wildman–Crippen MR) is 99.3 cm³/mol. The van der Waals surface area contributed by atoms with Gasteiger partial charge in [-0.1, -0.05) is 12.2 Å². The molecule has 4 amide bonds. The van der Waals surface area contributed by atoms with Crippen LogP contribution in [-0.2, 0) is 9.59 Å². The molecule has 2 N–H and O–H groups in total. The molecular formula is C20H23N3O4. The number of hydrogen-bond donors (Lipinski definition) is 2. The predicted octanol–water partition coefficient (Wildman–Crippen LogP) is 1.84. The van der Waals surface area contributed by atoms with Gasteiger partial charge in [-0.05, 0) is 54.9 Å². The van der Waals surface area contributed by atoms with Gasteiger partial charge in [0.1, 0.15) is 11.8 Å². The van der Waals surface area contributed by atoms with E-state index in [2.05, 4.69) is 22.8 Å². The maximum Gasteiger partial charge on any atom is 0.329 e. The molecule has 0 spiro atoms. The third-order valence-electron chi connectivity index (χ3n) is 5.72. The Labute approximate surface area is 157 Å². The van der Waals surface area contributed by atoms with Gasteiger partial charge in [-0.15, -0.1) is 0 Å². The number of anilines is 1. The minimum Gasteiger partial charge on any atom is -0.497 e. The molecule has 1 saturated carbocycles. The second-order valence-corrected chi connectivity index (χ2v) is 7.42. The minimum atomic E-state index is -0.834. The van der Waals surface area contributed by atoms with Crippen LogP contribution < -0.4 is 20.3 Å². The van der Waals surface area contributed by atoms with Gasteiger partial charge in [0.25, 0.3) is 5.91 Å². The van der Waals surface area contributed by atoms with E-state index in [4.69, 9.17) is 4.74 Å². The third kappa shape index (κ3) is 3.41. The Morgan fingerprint density at radius 1 is 1.22 bits per heavy atom. The van der Waals surface area contributed by atoms with Crippen molar-refractivity contribution in [2.24, 2.45) is 17.8 Å². The van der Waals surface area contributed by atoms with Crippen LogP contribution in [0.2, 0.25) is 0 Å². The SMILES string of the molecule is COc1ccc(N2C(=O)N[C@@H](CC(=O)NCC3CC4C=CC3C4)C2=O)cc1. The summed E-state index contributed by atoms with van der Waals surface area (Å²) in [7, 11) is 1.55. The van der Waals surface area contributed by atoms with E-state index in [1.165, 1.54) is 6.42 Å². The van der Waals surface area contributed by atoms with E-state index >= 15 is 0 Å². The van der Waals surface area contributed by atoms with E-state index < -0.39 is 18.0 Å². The number of hydrogen-bond acceptors (Lipinski definition) is 4. The number of methoxy groups -OCH3 is 1. The van der Waals surface area contributed by atoms with Gasteiger partial charge in [0.2, 0.25) is 5.91 Å². The van der Waals surface area contributed by atoms with E-state index in [-0.39, 0.29) is 12.3 Å². The number of urea groups is 1. The van der Waals surface area contributed by atoms with E-state index in [1.54, 1.807) is 31.4 Å². The zero-order valence-electron chi connectivity index (χ0n) is 15.2. The summed E-state index contributed by atoms with van der Waals surface area (Å²) in [6.45, 7) is 0.626. The standard InChI is InChI=1S/C20H23N3O4/c1-27-16-6-4-15(5-7-16)23-19(25)17(22-20(23)26)10-18(24)21-11-14-9-12-2-3-13(14)8-12/h2-7,12-14,17H,8-11H2,1H3,(H,21,24)(H,22,26)/t12?,13?,14?,17-/m0/s1. The number of rotatable bonds is 6. The quantitative estimate of drug-likeness (QED) is 0.592. The number of carbonyl (C=O) groups is 3. The number of imide groups is 1. The second kappa shape index (κ2) is 7.06. The lowest BCUT2D eigenvalue weighted by Crippen LogP contribution is -2.38. The first kappa shape index (κ1) is 17.6. The maximum atomic E-state index is 12.6. The summed E-state index contributed by atoms with van der Waals surface area (Å²) in [6.07, 6.45) is 6.77. The summed E-state index contributed by atoms with van der Waals surface area (Å²) >= 11 is 0. The van der Waals surface area contributed by atoms with Crippen molar-refractivity contribution >= 4 is 23.5 Å². The van der Waals surface area contributed by atoms with Crippen LogP contribution in [0.3, 0.4) is 0 Å². The first-order valence-electron chi connectivity index (χ1n) is 9.28. The highest BCUT2D eigenvalue weighted by Gasteiger charge is 2.40. The Morgan fingerprint density at radius 3 is 2.63 bits per heavy atom. The number of ether oxygens (including phenoxy) is 1. The fraction of sp³-hybridized carbons (Fsp3) is 0.450. The monoisotopic (exact) mass is 369 g/mol. The normalized spacial score (nSPS) is 28.6. The highest BCUT2D eigenvalue weighted by Crippen LogP contribution is 2.42. The van der Waals surface area contributed by atoms with Crippen molar-refractivity contribution in [3.05, 3.63) is 36.4 Å². The van der Waals surface area contributed by atoms with Gasteiger partial charge in [-0.3, -0.25) is 9.59 Å². The molecule has 1 aliphatic heterocycles. The molecule has 0 radical (unpaired) electrons. The smallest absolute Gasteiger partial charge is 0.329 e. The van der Waals surface area contributed by atoms with Crippen molar-refractivity contribution in [1.29, 1.82) is 0 Å². The molecule has 27 heavy (non-hydrogen) atoms. The molecule has 3 unspecified atom stereocenters. The average molecular weight is 369 g/mol. The molecule has 2 aliphatic carbocycles. The van der Waals surface area contributed by atoms with Gasteiger partial charge in [0, 0.05) is 6.54 Å². The fourth-order valence-corrected chi connectivity index (χ4v) is 4.28. The Balaban J connectivity index is 1.32. The summed E-state index contributed by atoms with van der Waals surface area (Å²) in [5.74, 6) is 1.71. The van der Waals surface area contributed by atoms with Crippen LogP contribution in [0.1, 0.15) is 19.3 Å². The number of nitrogens with zero attached hydrogens (tertiary/aromatic N) is 1. The van der Waals surface area contributed by atoms with Gasteiger partial charge >= 0.3 is 6.03 Å². The molecular weight excluding hydrogens is 346 g/mol. The van der Waals surface area contributed by atoms with Crippen molar-refractivity contribution in [2.45, 2.75) is 25.3 Å². The number of fused-ring (bicyclic) bond motifs is 2. The van der Waals surface area contributed by atoms with Crippen LogP contribution in [0, 0.1) is 17.8 Å². The van der Waals surface area contributed by atoms with E-state index in [0.717, 1.165) is 11.3 Å². The number of allylic oxidation sites excluding steroid dienone is 2. The summed E-state index contributed by atoms with van der Waals surface area (Å²) in [5.41, 5.74) is 0.454. The summed E-state index contributed by atoms with van der Waals surface area (Å²) < 4.78 is 5.09. The summed E-state index contributed by atoms with van der Waals surface area (Å²) in [5, 5.41) is 5.53. The Kier molecular flexibility index (Phi) is 4.59. The lowest BCUT2D eigenvalue weighted by molar-refractivity contribution is -0.125. The molecule has 0 aromatic heterocycles. The molecule has 1 aromatic rings. The number of benzene rings is 1. The van der Waals surface area contributed by atoms with Crippen molar-refractivity contribution in [3.8, 4) is 5.75 Å². The molecule has 2 bridgehead atoms. The zero-order chi connectivity index (χ0) is 19.0. The highest BCUT2D eigenvalue weighted by molar-refractivity contribution is 6.22. The molecule has 2 fully saturated rings. The van der Waals surface area contributed by atoms with Crippen LogP contribution >= 0.6 is 0 Å². The van der Waals surface area contributed by atoms with Gasteiger partial charge < -0.3 is 15.4 Å². The molecule has 142 valence electrons. The van der Waals surface area contributed by atoms with Crippen molar-refractivity contribution < 1.29 is 19.1 Å². The van der Waals surface area contributed by atoms with Crippen molar-refractivity contribution in [2.75, 3.05) is 18.6 Å². The largest absolute Gasteiger partial charge is 0.497 e. The first-order valence-corrected chi connectivity index (χ1v) is 9.28. The van der Waals surface area contributed by atoms with Crippen molar-refractivity contribution in [3.63, 3.8) is 0 Å². The van der Waals surface area contributed by atoms with E-state index in [1.807, 2.05) is 0 Å². The van der Waals surface area contributed by atoms with Crippen LogP contribution in [0.5, 0.6) is 5.75 Å². The van der Waals surface area contributed by atoms with E-state index in [0.29, 0.717) is 35.7 Å². The van der Waals surface area contributed by atoms with Crippen LogP contribution in [0.25, 0.3) is 0 Å². The average Bonchev–Trinajstić information content (AvgIpc) is 3.36. The summed E-state index contributed by atoms with van der Waals surface area (Å²) in [4.78, 5) is 38.1. The first-order chi connectivity index (χ1) is 13.0. The highest BCUT2D eigenvalue weighted by atomic mass is 16.5. The number of nitrogens with one attached hydrogen (secondary N) is 2. The molecule has 4 rings (SSSR count). The van der Waals surface area contributed by atoms with Gasteiger partial charge in [0.15, 0.2) is 0 Å². The summed E-state index contributed by atoms with van der Waals surface area (Å²) in [6, 6.07) is 5.29. The van der Waals surface area contributed by atoms with Crippen LogP contribution in [-0.4, -0.2) is 37.5 Å². The molecule has 7 heteroatoms. The Hall–Kier alpha value is -2.83. The Morgan fingerprint density at radius 2 is 2.00 bits per heavy atom. The van der Waals surface area contributed by atoms with Crippen LogP contribution in [0.4, 0.5) is 10.5 Å². The van der Waals surface area contributed by atoms with Gasteiger partial charge in [-0.25, -0.2) is 9.69 Å². The fourth-order valence-electron chi connectivity index (χ4n) is 4.28. The zero-order valence-corrected chi connectivity index (χ0v) is 15.2. The Bertz CT molecular complexity index is 789. The molecule has 1 saturated heterocycles. The molecule has 1 heterocycles. The number of carbonyl (C=O) groups excluding carboxylic acids is 3. The van der Waals surface area contributed by atoms with Crippen LogP contribution in [0.15, 0.2) is 36.4 Å². The second-order valence-electron chi connectivity index (χ2n) is 7.42.